The lowest BCUT2D eigenvalue weighted by Gasteiger charge is -2.39. The molecule has 2 N–H and O–H groups in total. The number of carboxylic acids is 2. The first-order valence-electron chi connectivity index (χ1n) is 5.92. The monoisotopic (exact) mass is 287 g/mol. The van der Waals surface area contributed by atoms with E-state index in [9.17, 15) is 19.5 Å². The molecule has 0 aromatic carbocycles. The van der Waals surface area contributed by atoms with Gasteiger partial charge in [0.2, 0.25) is 5.91 Å². The summed E-state index contributed by atoms with van der Waals surface area (Å²) in [7, 11) is -2.26. The van der Waals surface area contributed by atoms with Gasteiger partial charge in [0.1, 0.15) is 6.04 Å². The van der Waals surface area contributed by atoms with Crippen LogP contribution in [-0.4, -0.2) is 46.9 Å². The number of amides is 1. The van der Waals surface area contributed by atoms with Crippen LogP contribution in [-0.2, 0) is 14.4 Å². The third-order valence-corrected chi connectivity index (χ3v) is 4.50. The molecule has 7 heteroatoms. The summed E-state index contributed by atoms with van der Waals surface area (Å²) in [5.74, 6) is -2.68. The minimum atomic E-state index is -2.26. The molecule has 1 atom stereocenters. The highest BCUT2D eigenvalue weighted by molar-refractivity contribution is 6.76. The first-order chi connectivity index (χ1) is 8.48. The largest absolute Gasteiger partial charge is 0.481 e. The molecule has 1 unspecified atom stereocenters. The van der Waals surface area contributed by atoms with Crippen molar-refractivity contribution < 1.29 is 24.6 Å². The first kappa shape index (κ1) is 17.4. The van der Waals surface area contributed by atoms with Crippen LogP contribution >= 0.6 is 0 Å². The summed E-state index contributed by atoms with van der Waals surface area (Å²) < 4.78 is 1.32. The number of rotatable bonds is 7. The molecule has 0 rings (SSSR count). The number of aliphatic carboxylic acids is 2. The van der Waals surface area contributed by atoms with E-state index in [0.29, 0.717) is 0 Å². The lowest BCUT2D eigenvalue weighted by Crippen LogP contribution is -2.58. The third-order valence-electron chi connectivity index (χ3n) is 2.53. The van der Waals surface area contributed by atoms with Crippen LogP contribution in [0.3, 0.4) is 0 Å². The SMILES string of the molecule is C=C(C)C(=O)N(C(CCC(=O)O)C(=O)O)[Si](C)(C)C. The Morgan fingerprint density at radius 1 is 1.21 bits per heavy atom. The van der Waals surface area contributed by atoms with E-state index in [1.165, 1.54) is 11.5 Å². The fourth-order valence-electron chi connectivity index (χ4n) is 1.74. The van der Waals surface area contributed by atoms with Crippen LogP contribution < -0.4 is 0 Å². The van der Waals surface area contributed by atoms with Crippen molar-refractivity contribution in [3.05, 3.63) is 12.2 Å². The molecule has 6 nitrogen and oxygen atoms in total. The fraction of sp³-hybridized carbons (Fsp3) is 0.583. The van der Waals surface area contributed by atoms with Gasteiger partial charge < -0.3 is 14.8 Å². The number of hydrogen-bond acceptors (Lipinski definition) is 3. The normalized spacial score (nSPS) is 12.6. The van der Waals surface area contributed by atoms with Crippen molar-refractivity contribution >= 4 is 26.1 Å². The molecule has 0 aromatic rings. The second-order valence-electron chi connectivity index (χ2n) is 5.41. The second kappa shape index (κ2) is 6.51. The molecule has 1 amide bonds. The van der Waals surface area contributed by atoms with Crippen molar-refractivity contribution in [2.75, 3.05) is 0 Å². The molecule has 0 saturated carbocycles. The molecular formula is C12H21NO5Si. The predicted octanol–water partition coefficient (Wildman–Crippen LogP) is 1.54. The number of nitrogens with zero attached hydrogens (tertiary/aromatic N) is 1. The molecule has 0 aliphatic carbocycles. The standard InChI is InChI=1S/C12H21NO5Si/c1-8(2)11(16)13(19(3,4)5)9(12(17)18)6-7-10(14)15/h9H,1,6-7H2,2-5H3,(H,14,15)(H,17,18). The maximum absolute atomic E-state index is 12.1. The molecule has 19 heavy (non-hydrogen) atoms. The van der Waals surface area contributed by atoms with Crippen LogP contribution in [0.15, 0.2) is 12.2 Å². The predicted molar refractivity (Wildman–Crippen MR) is 73.3 cm³/mol. The lowest BCUT2D eigenvalue weighted by atomic mass is 10.1. The van der Waals surface area contributed by atoms with E-state index in [1.54, 1.807) is 0 Å². The number of hydrogen-bond donors (Lipinski definition) is 2. The molecule has 0 fully saturated rings. The molecule has 0 aliphatic rings. The molecule has 0 bridgehead atoms. The van der Waals surface area contributed by atoms with Gasteiger partial charge in [0.05, 0.1) is 0 Å². The van der Waals surface area contributed by atoms with Gasteiger partial charge in [0.25, 0.3) is 0 Å². The van der Waals surface area contributed by atoms with Crippen molar-refractivity contribution in [1.29, 1.82) is 0 Å². The molecule has 0 aromatic heterocycles. The van der Waals surface area contributed by atoms with E-state index in [1.807, 2.05) is 19.6 Å². The van der Waals surface area contributed by atoms with E-state index in [4.69, 9.17) is 5.11 Å². The summed E-state index contributed by atoms with van der Waals surface area (Å²) in [6.07, 6.45) is -0.393. The molecule has 0 saturated heterocycles. The van der Waals surface area contributed by atoms with Gasteiger partial charge in [-0.3, -0.25) is 14.4 Å². The third kappa shape index (κ3) is 5.25. The van der Waals surface area contributed by atoms with Gasteiger partial charge in [-0.1, -0.05) is 26.2 Å². The quantitative estimate of drug-likeness (QED) is 0.547. The minimum absolute atomic E-state index is 0.103. The van der Waals surface area contributed by atoms with Crippen LogP contribution in [0, 0.1) is 0 Å². The lowest BCUT2D eigenvalue weighted by molar-refractivity contribution is -0.146. The highest BCUT2D eigenvalue weighted by Crippen LogP contribution is 2.20. The van der Waals surface area contributed by atoms with E-state index in [-0.39, 0.29) is 18.4 Å². The summed E-state index contributed by atoms with van der Waals surface area (Å²) in [6, 6.07) is -1.12. The van der Waals surface area contributed by atoms with Crippen molar-refractivity contribution in [1.82, 2.24) is 4.57 Å². The number of carboxylic acid groups (broad SMARTS) is 2. The van der Waals surface area contributed by atoms with Gasteiger partial charge in [-0.25, -0.2) is 0 Å². The van der Waals surface area contributed by atoms with Gasteiger partial charge in [-0.05, 0) is 13.3 Å². The van der Waals surface area contributed by atoms with E-state index < -0.39 is 32.1 Å². The van der Waals surface area contributed by atoms with Crippen LogP contribution in [0.25, 0.3) is 0 Å². The Morgan fingerprint density at radius 3 is 1.95 bits per heavy atom. The highest BCUT2D eigenvalue weighted by Gasteiger charge is 2.38. The van der Waals surface area contributed by atoms with Crippen LogP contribution in [0.4, 0.5) is 0 Å². The van der Waals surface area contributed by atoms with Crippen LogP contribution in [0.1, 0.15) is 19.8 Å². The van der Waals surface area contributed by atoms with Gasteiger partial charge >= 0.3 is 11.9 Å². The second-order valence-corrected chi connectivity index (χ2v) is 10.2. The first-order valence-corrected chi connectivity index (χ1v) is 9.37. The van der Waals surface area contributed by atoms with Crippen LogP contribution in [0.2, 0.25) is 19.6 Å². The Kier molecular flexibility index (Phi) is 5.95. The van der Waals surface area contributed by atoms with Gasteiger partial charge in [-0.15, -0.1) is 0 Å². The van der Waals surface area contributed by atoms with Gasteiger partial charge in [0, 0.05) is 12.0 Å². The van der Waals surface area contributed by atoms with Gasteiger partial charge in [-0.2, -0.15) is 0 Å². The summed E-state index contributed by atoms with van der Waals surface area (Å²) in [5, 5.41) is 17.9. The van der Waals surface area contributed by atoms with E-state index in [2.05, 4.69) is 6.58 Å². The average Bonchev–Trinajstić information content (AvgIpc) is 2.20. The maximum Gasteiger partial charge on any atom is 0.325 e. The van der Waals surface area contributed by atoms with Crippen molar-refractivity contribution in [3.63, 3.8) is 0 Å². The zero-order valence-electron chi connectivity index (χ0n) is 11.8. The summed E-state index contributed by atoms with van der Waals surface area (Å²) in [6.45, 7) is 10.6. The molecule has 0 heterocycles. The topological polar surface area (TPSA) is 94.9 Å². The van der Waals surface area contributed by atoms with Gasteiger partial charge in [0.15, 0.2) is 8.24 Å². The number of carbonyl (C=O) groups is 3. The van der Waals surface area contributed by atoms with Crippen molar-refractivity contribution in [2.45, 2.75) is 45.4 Å². The Morgan fingerprint density at radius 2 is 1.68 bits per heavy atom. The minimum Gasteiger partial charge on any atom is -0.481 e. The zero-order valence-corrected chi connectivity index (χ0v) is 12.8. The molecule has 0 aliphatic heterocycles. The Hall–Kier alpha value is -1.63. The zero-order chi connectivity index (χ0) is 15.4. The Bertz CT molecular complexity index is 399. The average molecular weight is 287 g/mol. The molecule has 0 spiro atoms. The van der Waals surface area contributed by atoms with E-state index >= 15 is 0 Å². The number of carbonyl (C=O) groups excluding carboxylic acids is 1. The molecular weight excluding hydrogens is 266 g/mol. The summed E-state index contributed by atoms with van der Waals surface area (Å²) in [5.41, 5.74) is 0.254. The van der Waals surface area contributed by atoms with E-state index in [0.717, 1.165) is 0 Å². The summed E-state index contributed by atoms with van der Waals surface area (Å²) in [4.78, 5) is 34.1. The Balaban J connectivity index is 5.39. The smallest absolute Gasteiger partial charge is 0.325 e. The highest BCUT2D eigenvalue weighted by atomic mass is 28.3. The fourth-order valence-corrected chi connectivity index (χ4v) is 3.72. The van der Waals surface area contributed by atoms with Crippen LogP contribution in [0.5, 0.6) is 0 Å². The molecule has 108 valence electrons. The van der Waals surface area contributed by atoms with Crippen molar-refractivity contribution in [3.8, 4) is 0 Å². The Labute approximate surface area is 113 Å². The van der Waals surface area contributed by atoms with Crippen molar-refractivity contribution in [2.24, 2.45) is 0 Å². The summed E-state index contributed by atoms with van der Waals surface area (Å²) >= 11 is 0. The maximum atomic E-state index is 12.1. The molecule has 0 radical (unpaired) electrons.